The highest BCUT2D eigenvalue weighted by Gasteiger charge is 2.38. The van der Waals surface area contributed by atoms with E-state index in [2.05, 4.69) is 61.4 Å². The molecule has 13 nitrogen and oxygen atoms in total. The number of alkyl halides is 3. The number of carboxylic acids is 1. The van der Waals surface area contributed by atoms with Crippen LogP contribution in [0.4, 0.5) is 25.1 Å². The molecule has 0 aromatic carbocycles. The van der Waals surface area contributed by atoms with Crippen LogP contribution < -0.4 is 5.32 Å². The fourth-order valence-corrected chi connectivity index (χ4v) is 5.40. The summed E-state index contributed by atoms with van der Waals surface area (Å²) in [5.41, 5.74) is 2.81. The van der Waals surface area contributed by atoms with Gasteiger partial charge in [0.05, 0.1) is 17.9 Å². The lowest BCUT2D eigenvalue weighted by atomic mass is 9.87. The number of nitrogens with zero attached hydrogens (tertiary/aromatic N) is 8. The summed E-state index contributed by atoms with van der Waals surface area (Å²) in [7, 11) is 0. The Balaban J connectivity index is 0.000000431. The number of thioether (sulfide) groups is 1. The standard InChI is InChI=1S/C22H23N11S.C2HF3O2/c1-3-16(33-10-15(7-30-33)19-18-5-6-23-20(18)27-12-26-19)4-2-14(1)11-34-17-8-24-21(25-9-17)31-22-28-13-29-32-22;3-2(4,5)1(6)7/h5-10,12-14,16H,1-4,11H2,(H,23,26,27)(H2,24,25,28,29,31,32);(H,6,7)/t14-,16+;. The maximum Gasteiger partial charge on any atom is 0.490 e. The van der Waals surface area contributed by atoms with Crippen molar-refractivity contribution in [1.29, 1.82) is 0 Å². The predicted octanol–water partition coefficient (Wildman–Crippen LogP) is 4.63. The van der Waals surface area contributed by atoms with Gasteiger partial charge in [-0.05, 0) is 37.7 Å². The van der Waals surface area contributed by atoms with Crippen molar-refractivity contribution < 1.29 is 23.1 Å². The van der Waals surface area contributed by atoms with Crippen molar-refractivity contribution in [2.75, 3.05) is 11.1 Å². The molecule has 6 rings (SSSR count). The third kappa shape index (κ3) is 7.16. The molecule has 0 radical (unpaired) electrons. The van der Waals surface area contributed by atoms with Crippen molar-refractivity contribution in [3.05, 3.63) is 49.7 Å². The Kier molecular flexibility index (Phi) is 8.42. The fourth-order valence-electron chi connectivity index (χ4n) is 4.38. The number of aromatic amines is 2. The van der Waals surface area contributed by atoms with Gasteiger partial charge in [-0.25, -0.2) is 24.7 Å². The number of nitrogens with one attached hydrogen (secondary N) is 3. The first-order chi connectivity index (χ1) is 19.8. The zero-order chi connectivity index (χ0) is 28.8. The van der Waals surface area contributed by atoms with Gasteiger partial charge in [0.2, 0.25) is 11.9 Å². The molecule has 0 aliphatic heterocycles. The van der Waals surface area contributed by atoms with Crippen molar-refractivity contribution in [3.63, 3.8) is 0 Å². The van der Waals surface area contributed by atoms with Gasteiger partial charge < -0.3 is 15.1 Å². The number of H-pyrrole nitrogens is 2. The van der Waals surface area contributed by atoms with Crippen molar-refractivity contribution in [1.82, 2.24) is 49.9 Å². The summed E-state index contributed by atoms with van der Waals surface area (Å²) in [4.78, 5) is 33.5. The topological polar surface area (TPSA) is 176 Å². The van der Waals surface area contributed by atoms with E-state index in [1.807, 2.05) is 42.6 Å². The number of hydrogen-bond acceptors (Lipinski definition) is 10. The SMILES string of the molecule is O=C(O)C(F)(F)F.c1nc(-c2cnn([C@H]3CC[C@@H](CSc4cnc(Nc5nnc[nH]5)nc4)CC3)c2)c2cc[nH]c2n1. The number of aliphatic carboxylic acids is 1. The lowest BCUT2D eigenvalue weighted by Gasteiger charge is -2.28. The Bertz CT molecular complexity index is 1560. The average Bonchev–Trinajstić information content (AvgIpc) is 3.75. The molecule has 0 amide bonds. The highest BCUT2D eigenvalue weighted by molar-refractivity contribution is 7.99. The Labute approximate surface area is 234 Å². The van der Waals surface area contributed by atoms with E-state index in [9.17, 15) is 13.2 Å². The molecule has 0 bridgehead atoms. The summed E-state index contributed by atoms with van der Waals surface area (Å²) in [6.07, 6.45) is 12.3. The van der Waals surface area contributed by atoms with E-state index < -0.39 is 12.1 Å². The van der Waals surface area contributed by atoms with Gasteiger partial charge in [-0.15, -0.1) is 22.0 Å². The molecule has 0 atom stereocenters. The third-order valence-corrected chi connectivity index (χ3v) is 7.60. The third-order valence-electron chi connectivity index (χ3n) is 6.42. The highest BCUT2D eigenvalue weighted by atomic mass is 32.2. The second kappa shape index (κ2) is 12.3. The van der Waals surface area contributed by atoms with Gasteiger partial charge in [-0.1, -0.05) is 0 Å². The minimum Gasteiger partial charge on any atom is -0.475 e. The Hall–Kier alpha value is -4.54. The van der Waals surface area contributed by atoms with E-state index in [0.29, 0.717) is 23.9 Å². The quantitative estimate of drug-likeness (QED) is 0.195. The number of anilines is 2. The Morgan fingerprint density at radius 3 is 2.54 bits per heavy atom. The van der Waals surface area contributed by atoms with Crippen LogP contribution in [0.3, 0.4) is 0 Å². The summed E-state index contributed by atoms with van der Waals surface area (Å²) >= 11 is 1.82. The summed E-state index contributed by atoms with van der Waals surface area (Å²) in [5.74, 6) is 0.0228. The monoisotopic (exact) mass is 587 g/mol. The number of fused-ring (bicyclic) bond motifs is 1. The van der Waals surface area contributed by atoms with Crippen LogP contribution in [-0.2, 0) is 4.79 Å². The molecule has 0 saturated heterocycles. The molecule has 41 heavy (non-hydrogen) atoms. The van der Waals surface area contributed by atoms with Crippen LogP contribution in [0.1, 0.15) is 31.7 Å². The summed E-state index contributed by atoms with van der Waals surface area (Å²) < 4.78 is 33.9. The number of carbonyl (C=O) groups is 1. The van der Waals surface area contributed by atoms with Gasteiger partial charge >= 0.3 is 12.1 Å². The molecule has 5 aromatic rings. The maximum absolute atomic E-state index is 10.6. The van der Waals surface area contributed by atoms with Crippen LogP contribution in [-0.4, -0.2) is 72.9 Å². The van der Waals surface area contributed by atoms with Crippen LogP contribution in [0.2, 0.25) is 0 Å². The minimum absolute atomic E-state index is 0.434. The molecule has 5 heterocycles. The van der Waals surface area contributed by atoms with E-state index in [1.54, 1.807) is 6.33 Å². The normalized spacial score (nSPS) is 17.1. The second-order valence-corrected chi connectivity index (χ2v) is 10.3. The highest BCUT2D eigenvalue weighted by Crippen LogP contribution is 2.36. The van der Waals surface area contributed by atoms with Gasteiger partial charge in [0.15, 0.2) is 0 Å². The molecule has 214 valence electrons. The molecule has 0 unspecified atom stereocenters. The molecular formula is C24H24F3N11O2S. The number of hydrogen-bond donors (Lipinski definition) is 4. The molecule has 1 saturated carbocycles. The largest absolute Gasteiger partial charge is 0.490 e. The molecule has 4 N–H and O–H groups in total. The lowest BCUT2D eigenvalue weighted by molar-refractivity contribution is -0.192. The van der Waals surface area contributed by atoms with Gasteiger partial charge in [0, 0.05) is 46.4 Å². The first kappa shape index (κ1) is 28.0. The van der Waals surface area contributed by atoms with E-state index >= 15 is 0 Å². The summed E-state index contributed by atoms with van der Waals surface area (Å²) in [5, 5.41) is 23.4. The molecular weight excluding hydrogens is 563 g/mol. The number of carboxylic acid groups (broad SMARTS) is 1. The molecule has 17 heteroatoms. The van der Waals surface area contributed by atoms with Crippen molar-refractivity contribution >= 4 is 40.7 Å². The molecule has 1 aliphatic rings. The first-order valence-electron chi connectivity index (χ1n) is 12.5. The van der Waals surface area contributed by atoms with Crippen LogP contribution in [0.15, 0.2) is 54.6 Å². The molecule has 0 spiro atoms. The van der Waals surface area contributed by atoms with Gasteiger partial charge in [-0.3, -0.25) is 10.00 Å². The van der Waals surface area contributed by atoms with Crippen LogP contribution in [0.5, 0.6) is 0 Å². The lowest BCUT2D eigenvalue weighted by Crippen LogP contribution is -2.21. The van der Waals surface area contributed by atoms with E-state index in [1.165, 1.54) is 19.2 Å². The van der Waals surface area contributed by atoms with Crippen molar-refractivity contribution in [2.45, 2.75) is 42.8 Å². The van der Waals surface area contributed by atoms with E-state index in [0.717, 1.165) is 45.8 Å². The minimum atomic E-state index is -5.08. The zero-order valence-corrected chi connectivity index (χ0v) is 22.1. The predicted molar refractivity (Wildman–Crippen MR) is 142 cm³/mol. The first-order valence-corrected chi connectivity index (χ1v) is 13.5. The van der Waals surface area contributed by atoms with E-state index in [-0.39, 0.29) is 0 Å². The Morgan fingerprint density at radius 2 is 1.85 bits per heavy atom. The van der Waals surface area contributed by atoms with Crippen molar-refractivity contribution in [3.8, 4) is 11.3 Å². The molecule has 5 aromatic heterocycles. The Morgan fingerprint density at radius 1 is 1.10 bits per heavy atom. The van der Waals surface area contributed by atoms with Gasteiger partial charge in [0.1, 0.15) is 18.3 Å². The van der Waals surface area contributed by atoms with Gasteiger partial charge in [-0.2, -0.15) is 18.3 Å². The fraction of sp³-hybridized carbons (Fsp3) is 0.333. The van der Waals surface area contributed by atoms with Crippen molar-refractivity contribution in [2.24, 2.45) is 5.92 Å². The average molecular weight is 588 g/mol. The number of rotatable bonds is 7. The van der Waals surface area contributed by atoms with Gasteiger partial charge in [0.25, 0.3) is 0 Å². The second-order valence-electron chi connectivity index (χ2n) is 9.16. The molecule has 1 fully saturated rings. The number of aromatic nitrogens is 10. The van der Waals surface area contributed by atoms with E-state index in [4.69, 9.17) is 9.90 Å². The van der Waals surface area contributed by atoms with Crippen LogP contribution in [0.25, 0.3) is 22.3 Å². The van der Waals surface area contributed by atoms with Crippen LogP contribution >= 0.6 is 11.8 Å². The number of halogens is 3. The smallest absolute Gasteiger partial charge is 0.475 e. The summed E-state index contributed by atoms with van der Waals surface area (Å²) in [6, 6.07) is 2.44. The summed E-state index contributed by atoms with van der Waals surface area (Å²) in [6.45, 7) is 0. The molecule has 1 aliphatic carbocycles. The zero-order valence-electron chi connectivity index (χ0n) is 21.3. The van der Waals surface area contributed by atoms with Crippen LogP contribution in [0, 0.1) is 5.92 Å². The maximum atomic E-state index is 10.6.